The first-order chi connectivity index (χ1) is 15.1. The van der Waals surface area contributed by atoms with Gasteiger partial charge in [-0.15, -0.1) is 0 Å². The van der Waals surface area contributed by atoms with Crippen LogP contribution < -0.4 is 15.5 Å². The number of rotatable bonds is 9. The van der Waals surface area contributed by atoms with Gasteiger partial charge in [-0.1, -0.05) is 24.3 Å². The Labute approximate surface area is 190 Å². The predicted molar refractivity (Wildman–Crippen MR) is 125 cm³/mol. The zero-order chi connectivity index (χ0) is 22.9. The van der Waals surface area contributed by atoms with Crippen molar-refractivity contribution in [1.29, 1.82) is 0 Å². The highest BCUT2D eigenvalue weighted by atomic mass is 16.7. The van der Waals surface area contributed by atoms with Gasteiger partial charge in [-0.05, 0) is 75.7 Å². The number of aliphatic carboxylic acids is 1. The van der Waals surface area contributed by atoms with E-state index in [1.807, 2.05) is 52.0 Å². The topological polar surface area (TPSA) is 77.0 Å². The number of anilines is 1. The number of ether oxygens (including phenoxy) is 1. The molecule has 0 atom stereocenters. The Balaban J connectivity index is 1.55. The van der Waals surface area contributed by atoms with Crippen molar-refractivity contribution in [2.75, 3.05) is 11.9 Å². The van der Waals surface area contributed by atoms with Crippen molar-refractivity contribution in [3.8, 4) is 5.75 Å². The lowest BCUT2D eigenvalue weighted by Gasteiger charge is -2.32. The van der Waals surface area contributed by atoms with E-state index in [0.717, 1.165) is 29.2 Å². The van der Waals surface area contributed by atoms with Crippen LogP contribution in [0.1, 0.15) is 51.7 Å². The normalized spacial score (nSPS) is 19.1. The summed E-state index contributed by atoms with van der Waals surface area (Å²) in [7, 11) is -0.458. The second-order valence-corrected chi connectivity index (χ2v) is 9.84. The summed E-state index contributed by atoms with van der Waals surface area (Å²) in [5.41, 5.74) is 2.77. The van der Waals surface area contributed by atoms with Crippen molar-refractivity contribution in [3.05, 3.63) is 53.6 Å². The number of carboxylic acids is 1. The molecule has 0 unspecified atom stereocenters. The smallest absolute Gasteiger partial charge is 0.489 e. The van der Waals surface area contributed by atoms with Crippen molar-refractivity contribution in [2.24, 2.45) is 5.92 Å². The molecule has 4 rings (SSSR count). The molecule has 1 saturated heterocycles. The van der Waals surface area contributed by atoms with Crippen LogP contribution in [0.15, 0.2) is 42.5 Å². The SMILES string of the molecule is CC1(C)OB(c2cc(COc3ccccc3CC(=O)O)cc(NCC3CC3)c2)OC1(C)C. The number of benzene rings is 2. The number of para-hydroxylation sites is 1. The molecule has 1 saturated carbocycles. The van der Waals surface area contributed by atoms with Gasteiger partial charge in [-0.25, -0.2) is 0 Å². The molecule has 2 aromatic carbocycles. The number of hydrogen-bond acceptors (Lipinski definition) is 5. The summed E-state index contributed by atoms with van der Waals surface area (Å²) < 4.78 is 18.6. The molecule has 7 heteroatoms. The largest absolute Gasteiger partial charge is 0.494 e. The predicted octanol–water partition coefficient (Wildman–Crippen LogP) is 4.01. The lowest BCUT2D eigenvalue weighted by atomic mass is 9.78. The van der Waals surface area contributed by atoms with Gasteiger partial charge in [0.1, 0.15) is 12.4 Å². The Morgan fingerprint density at radius 2 is 1.81 bits per heavy atom. The van der Waals surface area contributed by atoms with Gasteiger partial charge in [-0.2, -0.15) is 0 Å². The molecular formula is C25H32BNO5. The summed E-state index contributed by atoms with van der Waals surface area (Å²) in [6.45, 7) is 9.46. The van der Waals surface area contributed by atoms with Gasteiger partial charge < -0.3 is 24.5 Å². The van der Waals surface area contributed by atoms with Crippen LogP contribution >= 0.6 is 0 Å². The van der Waals surface area contributed by atoms with Crippen LogP contribution in [0.5, 0.6) is 5.75 Å². The lowest BCUT2D eigenvalue weighted by molar-refractivity contribution is -0.136. The van der Waals surface area contributed by atoms with Crippen LogP contribution in [0.2, 0.25) is 0 Å². The zero-order valence-corrected chi connectivity index (χ0v) is 19.3. The highest BCUT2D eigenvalue weighted by Gasteiger charge is 2.51. The van der Waals surface area contributed by atoms with E-state index in [-0.39, 0.29) is 6.42 Å². The fraction of sp³-hybridized carbons (Fsp3) is 0.480. The Morgan fingerprint density at radius 3 is 2.47 bits per heavy atom. The molecule has 6 nitrogen and oxygen atoms in total. The van der Waals surface area contributed by atoms with Gasteiger partial charge in [0, 0.05) is 17.8 Å². The fourth-order valence-electron chi connectivity index (χ4n) is 3.72. The molecule has 170 valence electrons. The molecule has 1 aliphatic heterocycles. The maximum Gasteiger partial charge on any atom is 0.494 e. The van der Waals surface area contributed by atoms with Gasteiger partial charge in [0.15, 0.2) is 0 Å². The Bertz CT molecular complexity index is 970. The third-order valence-corrected chi connectivity index (χ3v) is 6.54. The molecule has 1 heterocycles. The number of carbonyl (C=O) groups is 1. The lowest BCUT2D eigenvalue weighted by Crippen LogP contribution is -2.41. The molecule has 2 aromatic rings. The van der Waals surface area contributed by atoms with Crippen LogP contribution in [0.25, 0.3) is 0 Å². The molecule has 0 aromatic heterocycles. The Hall–Kier alpha value is -2.51. The van der Waals surface area contributed by atoms with E-state index in [0.29, 0.717) is 17.9 Å². The van der Waals surface area contributed by atoms with Gasteiger partial charge in [0.2, 0.25) is 0 Å². The van der Waals surface area contributed by atoms with E-state index < -0.39 is 24.3 Å². The van der Waals surface area contributed by atoms with E-state index in [4.69, 9.17) is 14.0 Å². The van der Waals surface area contributed by atoms with E-state index in [9.17, 15) is 9.90 Å². The summed E-state index contributed by atoms with van der Waals surface area (Å²) in [5, 5.41) is 12.7. The molecule has 1 aliphatic carbocycles. The van der Waals surface area contributed by atoms with Crippen LogP contribution in [0.4, 0.5) is 5.69 Å². The van der Waals surface area contributed by atoms with Crippen molar-refractivity contribution < 1.29 is 23.9 Å². The monoisotopic (exact) mass is 437 g/mol. The van der Waals surface area contributed by atoms with E-state index in [1.54, 1.807) is 6.07 Å². The minimum absolute atomic E-state index is 0.0711. The van der Waals surface area contributed by atoms with E-state index in [2.05, 4.69) is 17.4 Å². The molecule has 0 bridgehead atoms. The minimum Gasteiger partial charge on any atom is -0.489 e. The first-order valence-electron chi connectivity index (χ1n) is 11.3. The molecule has 2 aliphatic rings. The standard InChI is InChI=1S/C25H32BNO5/c1-24(2)25(3,4)32-26(31-24)20-11-18(12-21(14-20)27-15-17-9-10-17)16-30-22-8-6-5-7-19(22)13-23(28)29/h5-8,11-12,14,17,27H,9-10,13,15-16H2,1-4H3,(H,28,29). The van der Waals surface area contributed by atoms with Gasteiger partial charge in [0.05, 0.1) is 17.6 Å². The number of hydrogen-bond donors (Lipinski definition) is 2. The molecule has 0 radical (unpaired) electrons. The average Bonchev–Trinajstić information content (AvgIpc) is 3.51. The van der Waals surface area contributed by atoms with Gasteiger partial charge in [-0.3, -0.25) is 4.79 Å². The second-order valence-electron chi connectivity index (χ2n) is 9.84. The Kier molecular flexibility index (Phi) is 6.23. The minimum atomic E-state index is -0.879. The van der Waals surface area contributed by atoms with Crippen molar-refractivity contribution >= 4 is 24.2 Å². The first-order valence-corrected chi connectivity index (χ1v) is 11.3. The summed E-state index contributed by atoms with van der Waals surface area (Å²) in [6, 6.07) is 13.5. The maximum absolute atomic E-state index is 11.2. The Morgan fingerprint density at radius 1 is 1.12 bits per heavy atom. The second kappa shape index (κ2) is 8.79. The highest BCUT2D eigenvalue weighted by molar-refractivity contribution is 6.62. The van der Waals surface area contributed by atoms with Crippen LogP contribution in [-0.4, -0.2) is 35.9 Å². The molecule has 0 amide bonds. The fourth-order valence-corrected chi connectivity index (χ4v) is 3.72. The van der Waals surface area contributed by atoms with Crippen LogP contribution in [0, 0.1) is 5.92 Å². The summed E-state index contributed by atoms with van der Waals surface area (Å²) in [6.07, 6.45) is 2.48. The molecular weight excluding hydrogens is 405 g/mol. The first kappa shape index (κ1) is 22.7. The molecule has 2 N–H and O–H groups in total. The maximum atomic E-state index is 11.2. The van der Waals surface area contributed by atoms with Crippen molar-refractivity contribution in [3.63, 3.8) is 0 Å². The summed E-state index contributed by atoms with van der Waals surface area (Å²) in [5.74, 6) is 0.455. The van der Waals surface area contributed by atoms with Crippen molar-refractivity contribution in [2.45, 2.75) is 64.8 Å². The highest BCUT2D eigenvalue weighted by Crippen LogP contribution is 2.37. The molecule has 2 fully saturated rings. The third kappa shape index (κ3) is 5.27. The zero-order valence-electron chi connectivity index (χ0n) is 19.3. The average molecular weight is 437 g/mol. The van der Waals surface area contributed by atoms with Crippen molar-refractivity contribution in [1.82, 2.24) is 0 Å². The van der Waals surface area contributed by atoms with E-state index >= 15 is 0 Å². The summed E-state index contributed by atoms with van der Waals surface area (Å²) in [4.78, 5) is 11.2. The van der Waals surface area contributed by atoms with Crippen LogP contribution in [0.3, 0.4) is 0 Å². The van der Waals surface area contributed by atoms with Crippen LogP contribution in [-0.2, 0) is 27.1 Å². The number of carboxylic acid groups (broad SMARTS) is 1. The van der Waals surface area contributed by atoms with E-state index in [1.165, 1.54) is 12.8 Å². The number of nitrogens with one attached hydrogen (secondary N) is 1. The third-order valence-electron chi connectivity index (χ3n) is 6.54. The molecule has 32 heavy (non-hydrogen) atoms. The molecule has 0 spiro atoms. The quantitative estimate of drug-likeness (QED) is 0.578. The summed E-state index contributed by atoms with van der Waals surface area (Å²) >= 11 is 0. The van der Waals surface area contributed by atoms with Gasteiger partial charge in [0.25, 0.3) is 0 Å². The van der Waals surface area contributed by atoms with Gasteiger partial charge >= 0.3 is 13.1 Å².